The largest absolute Gasteiger partial charge is 0.249 e. The number of nitrogens with zero attached hydrogens (tertiary/aromatic N) is 3. The molecule has 2 rings (SSSR count). The quantitative estimate of drug-likeness (QED) is 0.763. The van der Waals surface area contributed by atoms with Crippen molar-refractivity contribution in [2.24, 2.45) is 5.92 Å². The second-order valence-corrected chi connectivity index (χ2v) is 4.80. The van der Waals surface area contributed by atoms with E-state index in [9.17, 15) is 0 Å². The van der Waals surface area contributed by atoms with Crippen LogP contribution >= 0.6 is 15.9 Å². The predicted octanol–water partition coefficient (Wildman–Crippen LogP) is 2.92. The fraction of sp³-hybridized carbons (Fsp3) is 0.800. The number of hydrogen-bond acceptors (Lipinski definition) is 2. The normalized spacial score (nSPS) is 27.9. The summed E-state index contributed by atoms with van der Waals surface area (Å²) in [5.74, 6) is 0.894. The van der Waals surface area contributed by atoms with Gasteiger partial charge in [-0.05, 0) is 31.6 Å². The van der Waals surface area contributed by atoms with Gasteiger partial charge in [-0.25, -0.2) is 4.68 Å². The van der Waals surface area contributed by atoms with Gasteiger partial charge in [0.15, 0.2) is 0 Å². The zero-order chi connectivity index (χ0) is 9.97. The highest BCUT2D eigenvalue weighted by molar-refractivity contribution is 9.08. The summed E-state index contributed by atoms with van der Waals surface area (Å²) in [6, 6.07) is 0.589. The molecule has 1 aromatic heterocycles. The molecule has 78 valence electrons. The first-order valence-electron chi connectivity index (χ1n) is 5.26. The SMILES string of the molecule is CC1CCC(n2cc(CBr)nn2)CC1. The van der Waals surface area contributed by atoms with Crippen molar-refractivity contribution in [1.82, 2.24) is 15.0 Å². The molecule has 0 aromatic carbocycles. The summed E-state index contributed by atoms with van der Waals surface area (Å²) in [6.45, 7) is 2.33. The van der Waals surface area contributed by atoms with Crippen molar-refractivity contribution in [3.8, 4) is 0 Å². The van der Waals surface area contributed by atoms with Crippen LogP contribution in [0.2, 0.25) is 0 Å². The molecule has 4 heteroatoms. The number of rotatable bonds is 2. The molecular formula is C10H16BrN3. The molecular weight excluding hydrogens is 242 g/mol. The zero-order valence-electron chi connectivity index (χ0n) is 8.49. The molecule has 1 aromatic rings. The Kier molecular flexibility index (Phi) is 3.21. The van der Waals surface area contributed by atoms with Crippen molar-refractivity contribution in [3.05, 3.63) is 11.9 Å². The summed E-state index contributed by atoms with van der Waals surface area (Å²) < 4.78 is 2.04. The van der Waals surface area contributed by atoms with Crippen LogP contribution in [0.15, 0.2) is 6.20 Å². The topological polar surface area (TPSA) is 30.7 Å². The van der Waals surface area contributed by atoms with Crippen LogP contribution in [0.4, 0.5) is 0 Å². The van der Waals surface area contributed by atoms with E-state index in [1.54, 1.807) is 0 Å². The first-order chi connectivity index (χ1) is 6.79. The van der Waals surface area contributed by atoms with Gasteiger partial charge in [-0.1, -0.05) is 28.1 Å². The average molecular weight is 258 g/mol. The second kappa shape index (κ2) is 4.43. The Balaban J connectivity index is 2.01. The molecule has 0 aliphatic heterocycles. The second-order valence-electron chi connectivity index (χ2n) is 4.24. The third-order valence-corrected chi connectivity index (χ3v) is 3.63. The van der Waals surface area contributed by atoms with E-state index in [1.165, 1.54) is 25.7 Å². The van der Waals surface area contributed by atoms with Crippen LogP contribution in [-0.2, 0) is 5.33 Å². The lowest BCUT2D eigenvalue weighted by Crippen LogP contribution is -2.17. The van der Waals surface area contributed by atoms with Crippen molar-refractivity contribution < 1.29 is 0 Å². The third kappa shape index (κ3) is 2.16. The molecule has 14 heavy (non-hydrogen) atoms. The summed E-state index contributed by atoms with van der Waals surface area (Å²) in [7, 11) is 0. The van der Waals surface area contributed by atoms with Crippen LogP contribution in [0.3, 0.4) is 0 Å². The highest BCUT2D eigenvalue weighted by Crippen LogP contribution is 2.31. The first kappa shape index (κ1) is 10.1. The molecule has 0 radical (unpaired) electrons. The lowest BCUT2D eigenvalue weighted by atomic mass is 9.87. The molecule has 0 bridgehead atoms. The highest BCUT2D eigenvalue weighted by Gasteiger charge is 2.20. The molecule has 1 heterocycles. The van der Waals surface area contributed by atoms with Gasteiger partial charge in [-0.3, -0.25) is 0 Å². The van der Waals surface area contributed by atoms with Gasteiger partial charge < -0.3 is 0 Å². The van der Waals surface area contributed by atoms with Gasteiger partial charge in [-0.2, -0.15) is 0 Å². The van der Waals surface area contributed by atoms with Gasteiger partial charge in [-0.15, -0.1) is 5.10 Å². The number of hydrogen-bond donors (Lipinski definition) is 0. The summed E-state index contributed by atoms with van der Waals surface area (Å²) in [5.41, 5.74) is 1.03. The van der Waals surface area contributed by atoms with Crippen molar-refractivity contribution in [2.75, 3.05) is 0 Å². The van der Waals surface area contributed by atoms with Crippen molar-refractivity contribution >= 4 is 15.9 Å². The van der Waals surface area contributed by atoms with Crippen LogP contribution < -0.4 is 0 Å². The molecule has 0 atom stereocenters. The van der Waals surface area contributed by atoms with Crippen molar-refractivity contribution in [1.29, 1.82) is 0 Å². The monoisotopic (exact) mass is 257 g/mol. The maximum Gasteiger partial charge on any atom is 0.0932 e. The van der Waals surface area contributed by atoms with E-state index in [1.807, 2.05) is 4.68 Å². The van der Waals surface area contributed by atoms with E-state index in [0.717, 1.165) is 16.9 Å². The van der Waals surface area contributed by atoms with Crippen LogP contribution in [0, 0.1) is 5.92 Å². The van der Waals surface area contributed by atoms with Crippen molar-refractivity contribution in [2.45, 2.75) is 44.0 Å². The fourth-order valence-corrected chi connectivity index (χ4v) is 2.32. The summed E-state index contributed by atoms with van der Waals surface area (Å²) >= 11 is 3.39. The van der Waals surface area contributed by atoms with Gasteiger partial charge in [0, 0.05) is 11.5 Å². The smallest absolute Gasteiger partial charge is 0.0932 e. The summed E-state index contributed by atoms with van der Waals surface area (Å²) in [5, 5.41) is 9.07. The maximum atomic E-state index is 4.17. The number of aromatic nitrogens is 3. The molecule has 0 amide bonds. The maximum absolute atomic E-state index is 4.17. The van der Waals surface area contributed by atoms with Crippen LogP contribution in [-0.4, -0.2) is 15.0 Å². The molecule has 0 saturated heterocycles. The average Bonchev–Trinajstić information content (AvgIpc) is 2.67. The van der Waals surface area contributed by atoms with E-state index in [2.05, 4.69) is 39.4 Å². The number of alkyl halides is 1. The van der Waals surface area contributed by atoms with Crippen LogP contribution in [0.5, 0.6) is 0 Å². The zero-order valence-corrected chi connectivity index (χ0v) is 10.1. The molecule has 1 aliphatic rings. The lowest BCUT2D eigenvalue weighted by molar-refractivity contribution is 0.270. The molecule has 1 fully saturated rings. The lowest BCUT2D eigenvalue weighted by Gasteiger charge is -2.25. The van der Waals surface area contributed by atoms with Crippen molar-refractivity contribution in [3.63, 3.8) is 0 Å². The van der Waals surface area contributed by atoms with E-state index in [4.69, 9.17) is 0 Å². The van der Waals surface area contributed by atoms with Gasteiger partial charge in [0.05, 0.1) is 11.7 Å². The highest BCUT2D eigenvalue weighted by atomic mass is 79.9. The molecule has 0 unspecified atom stereocenters. The standard InChI is InChI=1S/C10H16BrN3/c1-8-2-4-10(5-3-8)14-7-9(6-11)12-13-14/h7-8,10H,2-6H2,1H3. The fourth-order valence-electron chi connectivity index (χ4n) is 2.06. The summed E-state index contributed by atoms with van der Waals surface area (Å²) in [4.78, 5) is 0. The Morgan fingerprint density at radius 2 is 2.14 bits per heavy atom. The Hall–Kier alpha value is -0.380. The Bertz CT molecular complexity index is 289. The Morgan fingerprint density at radius 1 is 1.43 bits per heavy atom. The van der Waals surface area contributed by atoms with Gasteiger partial charge >= 0.3 is 0 Å². The molecule has 0 spiro atoms. The molecule has 1 saturated carbocycles. The van der Waals surface area contributed by atoms with E-state index in [-0.39, 0.29) is 0 Å². The summed E-state index contributed by atoms with van der Waals surface area (Å²) in [6.07, 6.45) is 7.23. The van der Waals surface area contributed by atoms with E-state index in [0.29, 0.717) is 6.04 Å². The minimum absolute atomic E-state index is 0.589. The third-order valence-electron chi connectivity index (χ3n) is 3.05. The Labute approximate surface area is 93.0 Å². The van der Waals surface area contributed by atoms with Gasteiger partial charge in [0.1, 0.15) is 0 Å². The minimum atomic E-state index is 0.589. The van der Waals surface area contributed by atoms with E-state index >= 15 is 0 Å². The van der Waals surface area contributed by atoms with E-state index < -0.39 is 0 Å². The minimum Gasteiger partial charge on any atom is -0.249 e. The van der Waals surface area contributed by atoms with Gasteiger partial charge in [0.2, 0.25) is 0 Å². The number of halogens is 1. The Morgan fingerprint density at radius 3 is 2.71 bits per heavy atom. The van der Waals surface area contributed by atoms with Gasteiger partial charge in [0.25, 0.3) is 0 Å². The van der Waals surface area contributed by atoms with Crippen LogP contribution in [0.1, 0.15) is 44.3 Å². The molecule has 0 N–H and O–H groups in total. The molecule has 3 nitrogen and oxygen atoms in total. The molecule has 1 aliphatic carbocycles. The predicted molar refractivity (Wildman–Crippen MR) is 59.3 cm³/mol. The van der Waals surface area contributed by atoms with Crippen LogP contribution in [0.25, 0.3) is 0 Å². The first-order valence-corrected chi connectivity index (χ1v) is 6.38.